The van der Waals surface area contributed by atoms with E-state index < -0.39 is 0 Å². The van der Waals surface area contributed by atoms with Crippen LogP contribution in [0.4, 0.5) is 5.82 Å². The fraction of sp³-hybridized carbons (Fsp3) is 0.667. The van der Waals surface area contributed by atoms with Crippen molar-refractivity contribution in [2.45, 2.75) is 40.7 Å². The molecule has 1 unspecified atom stereocenters. The Bertz CT molecular complexity index is 352. The van der Waals surface area contributed by atoms with Crippen LogP contribution in [0, 0.1) is 13.8 Å². The molecule has 1 atom stereocenters. The SMILES string of the molecule is CCNc1nc(C(C)OCC)nc(C)c1C. The van der Waals surface area contributed by atoms with Crippen molar-refractivity contribution in [3.63, 3.8) is 0 Å². The molecule has 0 fully saturated rings. The molecular weight excluding hydrogens is 202 g/mol. The van der Waals surface area contributed by atoms with Gasteiger partial charge in [-0.25, -0.2) is 9.97 Å². The summed E-state index contributed by atoms with van der Waals surface area (Å²) in [6.07, 6.45) is -0.0540. The number of anilines is 1. The van der Waals surface area contributed by atoms with Crippen LogP contribution >= 0.6 is 0 Å². The van der Waals surface area contributed by atoms with Gasteiger partial charge in [0.25, 0.3) is 0 Å². The number of nitrogens with one attached hydrogen (secondary N) is 1. The van der Waals surface area contributed by atoms with Crippen LogP contribution < -0.4 is 5.32 Å². The molecule has 0 spiro atoms. The summed E-state index contributed by atoms with van der Waals surface area (Å²) in [5.41, 5.74) is 2.11. The summed E-state index contributed by atoms with van der Waals surface area (Å²) in [4.78, 5) is 8.95. The largest absolute Gasteiger partial charge is 0.371 e. The maximum atomic E-state index is 5.50. The Morgan fingerprint density at radius 2 is 1.94 bits per heavy atom. The highest BCUT2D eigenvalue weighted by atomic mass is 16.5. The molecule has 0 aliphatic carbocycles. The van der Waals surface area contributed by atoms with Crippen molar-refractivity contribution in [3.05, 3.63) is 17.1 Å². The van der Waals surface area contributed by atoms with E-state index in [0.717, 1.165) is 29.4 Å². The van der Waals surface area contributed by atoms with Crippen LogP contribution in [0.5, 0.6) is 0 Å². The molecule has 0 aromatic carbocycles. The second kappa shape index (κ2) is 5.80. The summed E-state index contributed by atoms with van der Waals surface area (Å²) >= 11 is 0. The number of nitrogens with zero attached hydrogens (tertiary/aromatic N) is 2. The predicted molar refractivity (Wildman–Crippen MR) is 65.7 cm³/mol. The molecule has 0 aliphatic rings. The van der Waals surface area contributed by atoms with E-state index in [1.165, 1.54) is 0 Å². The summed E-state index contributed by atoms with van der Waals surface area (Å²) in [7, 11) is 0. The first-order valence-electron chi connectivity index (χ1n) is 5.80. The minimum absolute atomic E-state index is 0.0540. The van der Waals surface area contributed by atoms with E-state index in [1.807, 2.05) is 27.7 Å². The molecule has 0 aliphatic heterocycles. The van der Waals surface area contributed by atoms with Crippen molar-refractivity contribution >= 4 is 5.82 Å². The highest BCUT2D eigenvalue weighted by Crippen LogP contribution is 2.19. The van der Waals surface area contributed by atoms with Gasteiger partial charge < -0.3 is 10.1 Å². The molecule has 0 radical (unpaired) electrons. The Morgan fingerprint density at radius 3 is 2.50 bits per heavy atom. The zero-order valence-electron chi connectivity index (χ0n) is 10.8. The molecule has 4 nitrogen and oxygen atoms in total. The zero-order chi connectivity index (χ0) is 12.1. The van der Waals surface area contributed by atoms with Crippen LogP contribution in [0.15, 0.2) is 0 Å². The molecule has 16 heavy (non-hydrogen) atoms. The summed E-state index contributed by atoms with van der Waals surface area (Å²) in [6.45, 7) is 11.6. The average Bonchev–Trinajstić information content (AvgIpc) is 2.25. The maximum absolute atomic E-state index is 5.50. The summed E-state index contributed by atoms with van der Waals surface area (Å²) in [6, 6.07) is 0. The summed E-state index contributed by atoms with van der Waals surface area (Å²) in [5.74, 6) is 1.66. The lowest BCUT2D eigenvalue weighted by Crippen LogP contribution is -2.11. The lowest BCUT2D eigenvalue weighted by atomic mass is 10.2. The van der Waals surface area contributed by atoms with Crippen molar-refractivity contribution in [3.8, 4) is 0 Å². The number of rotatable bonds is 5. The van der Waals surface area contributed by atoms with Gasteiger partial charge in [0.15, 0.2) is 5.82 Å². The predicted octanol–water partition coefficient (Wildman–Crippen LogP) is 2.62. The topological polar surface area (TPSA) is 47.0 Å². The van der Waals surface area contributed by atoms with Crippen molar-refractivity contribution in [1.29, 1.82) is 0 Å². The molecule has 0 amide bonds. The molecule has 4 heteroatoms. The van der Waals surface area contributed by atoms with Gasteiger partial charge in [-0.2, -0.15) is 0 Å². The Balaban J connectivity index is 3.03. The first-order chi connectivity index (χ1) is 7.60. The first-order valence-corrected chi connectivity index (χ1v) is 5.80. The van der Waals surface area contributed by atoms with Crippen molar-refractivity contribution in [1.82, 2.24) is 9.97 Å². The second-order valence-electron chi connectivity index (χ2n) is 3.77. The Kier molecular flexibility index (Phi) is 4.68. The second-order valence-corrected chi connectivity index (χ2v) is 3.77. The van der Waals surface area contributed by atoms with Crippen LogP contribution in [0.1, 0.15) is 44.0 Å². The van der Waals surface area contributed by atoms with Gasteiger partial charge in [0.2, 0.25) is 0 Å². The smallest absolute Gasteiger partial charge is 0.159 e. The third-order valence-corrected chi connectivity index (χ3v) is 2.53. The molecule has 1 aromatic heterocycles. The van der Waals surface area contributed by atoms with Crippen LogP contribution in [0.25, 0.3) is 0 Å². The molecule has 1 rings (SSSR count). The van der Waals surface area contributed by atoms with E-state index in [2.05, 4.69) is 22.2 Å². The molecule has 1 aromatic rings. The molecule has 1 heterocycles. The van der Waals surface area contributed by atoms with Crippen LogP contribution in [0.3, 0.4) is 0 Å². The lowest BCUT2D eigenvalue weighted by Gasteiger charge is -2.15. The van der Waals surface area contributed by atoms with E-state index in [0.29, 0.717) is 6.61 Å². The third kappa shape index (κ3) is 2.92. The van der Waals surface area contributed by atoms with Crippen molar-refractivity contribution in [2.24, 2.45) is 0 Å². The highest BCUT2D eigenvalue weighted by molar-refractivity contribution is 5.45. The Labute approximate surface area is 97.5 Å². The van der Waals surface area contributed by atoms with E-state index >= 15 is 0 Å². The number of aryl methyl sites for hydroxylation is 1. The Morgan fingerprint density at radius 1 is 1.25 bits per heavy atom. The third-order valence-electron chi connectivity index (χ3n) is 2.53. The Hall–Kier alpha value is -1.16. The lowest BCUT2D eigenvalue weighted by molar-refractivity contribution is 0.0700. The van der Waals surface area contributed by atoms with E-state index in [4.69, 9.17) is 4.74 Å². The average molecular weight is 223 g/mol. The van der Waals surface area contributed by atoms with Crippen LogP contribution in [-0.4, -0.2) is 23.1 Å². The monoisotopic (exact) mass is 223 g/mol. The van der Waals surface area contributed by atoms with E-state index in [9.17, 15) is 0 Å². The van der Waals surface area contributed by atoms with Gasteiger partial charge in [-0.1, -0.05) is 0 Å². The number of ether oxygens (including phenoxy) is 1. The molecule has 90 valence electrons. The van der Waals surface area contributed by atoms with Gasteiger partial charge in [-0.15, -0.1) is 0 Å². The standard InChI is InChI=1S/C12H21N3O/c1-6-13-11-8(3)9(4)14-12(15-11)10(5)16-7-2/h10H,6-7H2,1-5H3,(H,13,14,15). The number of aromatic nitrogens is 2. The van der Waals surface area contributed by atoms with E-state index in [-0.39, 0.29) is 6.10 Å². The minimum atomic E-state index is -0.0540. The van der Waals surface area contributed by atoms with Gasteiger partial charge >= 0.3 is 0 Å². The molecule has 0 saturated heterocycles. The van der Waals surface area contributed by atoms with Crippen LogP contribution in [-0.2, 0) is 4.74 Å². The quantitative estimate of drug-likeness (QED) is 0.833. The van der Waals surface area contributed by atoms with Gasteiger partial charge in [0.1, 0.15) is 11.9 Å². The zero-order valence-corrected chi connectivity index (χ0v) is 10.8. The summed E-state index contributed by atoms with van der Waals surface area (Å²) < 4.78 is 5.50. The van der Waals surface area contributed by atoms with Crippen LogP contribution in [0.2, 0.25) is 0 Å². The summed E-state index contributed by atoms with van der Waals surface area (Å²) in [5, 5.41) is 3.25. The number of hydrogen-bond acceptors (Lipinski definition) is 4. The van der Waals surface area contributed by atoms with Crippen molar-refractivity contribution < 1.29 is 4.74 Å². The molecule has 0 saturated carbocycles. The van der Waals surface area contributed by atoms with E-state index in [1.54, 1.807) is 0 Å². The number of hydrogen-bond donors (Lipinski definition) is 1. The molecule has 1 N–H and O–H groups in total. The normalized spacial score (nSPS) is 12.6. The maximum Gasteiger partial charge on any atom is 0.159 e. The fourth-order valence-electron chi connectivity index (χ4n) is 1.50. The highest BCUT2D eigenvalue weighted by Gasteiger charge is 2.12. The van der Waals surface area contributed by atoms with Crippen molar-refractivity contribution in [2.75, 3.05) is 18.5 Å². The van der Waals surface area contributed by atoms with Gasteiger partial charge in [0.05, 0.1) is 0 Å². The minimum Gasteiger partial charge on any atom is -0.371 e. The van der Waals surface area contributed by atoms with Gasteiger partial charge in [-0.05, 0) is 34.6 Å². The molecular formula is C12H21N3O. The first kappa shape index (κ1) is 12.9. The molecule has 0 bridgehead atoms. The van der Waals surface area contributed by atoms with Gasteiger partial charge in [-0.3, -0.25) is 0 Å². The fourth-order valence-corrected chi connectivity index (χ4v) is 1.50. The van der Waals surface area contributed by atoms with Gasteiger partial charge in [0, 0.05) is 24.4 Å².